The molecule has 0 atom stereocenters. The summed E-state index contributed by atoms with van der Waals surface area (Å²) in [5, 5.41) is 0. The number of benzene rings is 3. The Balaban J connectivity index is 1.79. The molecule has 0 spiro atoms. The van der Waals surface area contributed by atoms with Gasteiger partial charge in [0.15, 0.2) is 5.78 Å². The molecule has 0 N–H and O–H groups in total. The van der Waals surface area contributed by atoms with Crippen molar-refractivity contribution in [2.24, 2.45) is 0 Å². The Morgan fingerprint density at radius 1 is 0.692 bits per heavy atom. The van der Waals surface area contributed by atoms with E-state index < -0.39 is 0 Å². The molecule has 2 heteroatoms. The topological polar surface area (TPSA) is 17.1 Å². The normalized spacial score (nSPS) is 12.1. The molecule has 0 bridgehead atoms. The van der Waals surface area contributed by atoms with Crippen LogP contribution in [0.3, 0.4) is 0 Å². The summed E-state index contributed by atoms with van der Waals surface area (Å²) >= 11 is 3.54. The molecular formula is C24H19BrO. The highest BCUT2D eigenvalue weighted by molar-refractivity contribution is 9.11. The molecule has 128 valence electrons. The maximum atomic E-state index is 12.5. The van der Waals surface area contributed by atoms with Gasteiger partial charge in [0, 0.05) is 5.56 Å². The van der Waals surface area contributed by atoms with Gasteiger partial charge in [-0.15, -0.1) is 0 Å². The molecule has 0 unspecified atom stereocenters. The summed E-state index contributed by atoms with van der Waals surface area (Å²) in [5.74, 6) is -0.00760. The molecule has 0 amide bonds. The maximum Gasteiger partial charge on any atom is 0.185 e. The molecule has 0 fully saturated rings. The first-order valence-corrected chi connectivity index (χ1v) is 9.24. The van der Waals surface area contributed by atoms with E-state index in [0.717, 1.165) is 26.7 Å². The van der Waals surface area contributed by atoms with Crippen LogP contribution in [0.5, 0.6) is 0 Å². The van der Waals surface area contributed by atoms with E-state index in [1.807, 2.05) is 85.8 Å². The third-order valence-corrected chi connectivity index (χ3v) is 4.56. The van der Waals surface area contributed by atoms with Crippen LogP contribution in [0.25, 0.3) is 16.7 Å². The zero-order chi connectivity index (χ0) is 18.4. The van der Waals surface area contributed by atoms with E-state index in [1.54, 1.807) is 6.08 Å². The Kier molecular flexibility index (Phi) is 5.98. The third-order valence-electron chi connectivity index (χ3n) is 4.13. The van der Waals surface area contributed by atoms with Gasteiger partial charge in [0.05, 0.1) is 0 Å². The van der Waals surface area contributed by atoms with Gasteiger partial charge in [0.2, 0.25) is 0 Å². The molecule has 0 aliphatic heterocycles. The van der Waals surface area contributed by atoms with Crippen LogP contribution in [-0.4, -0.2) is 5.78 Å². The Morgan fingerprint density at radius 2 is 1.23 bits per heavy atom. The molecule has 0 heterocycles. The second-order valence-electron chi connectivity index (χ2n) is 5.95. The van der Waals surface area contributed by atoms with Crippen molar-refractivity contribution >= 4 is 27.3 Å². The van der Waals surface area contributed by atoms with Crippen LogP contribution >= 0.6 is 15.9 Å². The molecule has 0 radical (unpaired) electrons. The summed E-state index contributed by atoms with van der Waals surface area (Å²) in [6.45, 7) is 1.98. The van der Waals surface area contributed by atoms with Gasteiger partial charge in [0.1, 0.15) is 0 Å². The van der Waals surface area contributed by atoms with Crippen LogP contribution in [0.1, 0.15) is 22.8 Å². The molecule has 3 aromatic rings. The van der Waals surface area contributed by atoms with Gasteiger partial charge in [0.25, 0.3) is 0 Å². The van der Waals surface area contributed by atoms with Crippen LogP contribution in [0.4, 0.5) is 0 Å². The van der Waals surface area contributed by atoms with Crippen LogP contribution in [0, 0.1) is 0 Å². The van der Waals surface area contributed by atoms with Gasteiger partial charge in [-0.2, -0.15) is 0 Å². The Bertz CT molecular complexity index is 933. The average molecular weight is 403 g/mol. The summed E-state index contributed by atoms with van der Waals surface area (Å²) in [6, 6.07) is 27.9. The van der Waals surface area contributed by atoms with Crippen molar-refractivity contribution in [1.29, 1.82) is 0 Å². The lowest BCUT2D eigenvalue weighted by Crippen LogP contribution is -1.94. The summed E-state index contributed by atoms with van der Waals surface area (Å²) in [5.41, 5.74) is 5.00. The Hall–Kier alpha value is -2.71. The van der Waals surface area contributed by atoms with Gasteiger partial charge < -0.3 is 0 Å². The van der Waals surface area contributed by atoms with E-state index in [9.17, 15) is 4.79 Å². The van der Waals surface area contributed by atoms with Gasteiger partial charge in [-0.1, -0.05) is 101 Å². The number of rotatable bonds is 5. The molecule has 1 nitrogen and oxygen atoms in total. The molecule has 0 aromatic heterocycles. The second-order valence-corrected chi connectivity index (χ2v) is 7.14. The monoisotopic (exact) mass is 402 g/mol. The van der Waals surface area contributed by atoms with Crippen LogP contribution in [0.2, 0.25) is 0 Å². The van der Waals surface area contributed by atoms with E-state index in [-0.39, 0.29) is 5.78 Å². The number of ketones is 1. The number of carbonyl (C=O) groups is 1. The predicted octanol–water partition coefficient (Wildman–Crippen LogP) is 6.92. The van der Waals surface area contributed by atoms with Crippen molar-refractivity contribution in [3.63, 3.8) is 0 Å². The first-order valence-electron chi connectivity index (χ1n) is 8.45. The van der Waals surface area contributed by atoms with E-state index in [4.69, 9.17) is 0 Å². The number of hydrogen-bond donors (Lipinski definition) is 0. The summed E-state index contributed by atoms with van der Waals surface area (Å²) in [7, 11) is 0. The van der Waals surface area contributed by atoms with E-state index in [1.165, 1.54) is 0 Å². The van der Waals surface area contributed by atoms with Crippen molar-refractivity contribution in [2.75, 3.05) is 0 Å². The van der Waals surface area contributed by atoms with Gasteiger partial charge in [-0.3, -0.25) is 4.79 Å². The SMILES string of the molecule is CC(Br)=C(C=CC(=O)c1ccc(-c2ccccc2)cc1)c1ccccc1. The number of carbonyl (C=O) groups excluding carboxylic acids is 1. The Morgan fingerprint density at radius 3 is 1.81 bits per heavy atom. The van der Waals surface area contributed by atoms with Gasteiger partial charge in [-0.05, 0) is 45.8 Å². The smallest absolute Gasteiger partial charge is 0.185 e. The molecule has 0 saturated carbocycles. The lowest BCUT2D eigenvalue weighted by Gasteiger charge is -2.05. The lowest BCUT2D eigenvalue weighted by atomic mass is 10.0. The highest BCUT2D eigenvalue weighted by atomic mass is 79.9. The maximum absolute atomic E-state index is 12.5. The number of hydrogen-bond acceptors (Lipinski definition) is 1. The van der Waals surface area contributed by atoms with E-state index >= 15 is 0 Å². The minimum Gasteiger partial charge on any atom is -0.289 e. The van der Waals surface area contributed by atoms with Crippen molar-refractivity contribution in [2.45, 2.75) is 6.92 Å². The fourth-order valence-corrected chi connectivity index (χ4v) is 3.10. The first-order chi connectivity index (χ1) is 12.6. The molecule has 0 saturated heterocycles. The molecule has 0 aliphatic rings. The van der Waals surface area contributed by atoms with Crippen molar-refractivity contribution in [3.05, 3.63) is 113 Å². The largest absolute Gasteiger partial charge is 0.289 e. The molecular weight excluding hydrogens is 384 g/mol. The van der Waals surface area contributed by atoms with Crippen molar-refractivity contribution in [1.82, 2.24) is 0 Å². The Labute approximate surface area is 162 Å². The highest BCUT2D eigenvalue weighted by Crippen LogP contribution is 2.24. The molecule has 26 heavy (non-hydrogen) atoms. The summed E-state index contributed by atoms with van der Waals surface area (Å²) < 4.78 is 0.993. The predicted molar refractivity (Wildman–Crippen MR) is 113 cm³/mol. The zero-order valence-corrected chi connectivity index (χ0v) is 16.1. The summed E-state index contributed by atoms with van der Waals surface area (Å²) in [6.07, 6.45) is 3.50. The van der Waals surface area contributed by atoms with Crippen molar-refractivity contribution < 1.29 is 4.79 Å². The average Bonchev–Trinajstić information content (AvgIpc) is 2.69. The lowest BCUT2D eigenvalue weighted by molar-refractivity contribution is 0.104. The van der Waals surface area contributed by atoms with Gasteiger partial charge >= 0.3 is 0 Å². The fraction of sp³-hybridized carbons (Fsp3) is 0.0417. The van der Waals surface area contributed by atoms with Gasteiger partial charge in [-0.25, -0.2) is 0 Å². The standard InChI is InChI=1S/C24H19BrO/c1-18(25)23(21-10-6-3-7-11-21)16-17-24(26)22-14-12-20(13-15-22)19-8-4-2-5-9-19/h2-17H,1H3. The van der Waals surface area contributed by atoms with Crippen LogP contribution in [-0.2, 0) is 0 Å². The van der Waals surface area contributed by atoms with E-state index in [0.29, 0.717) is 5.56 Å². The quantitative estimate of drug-likeness (QED) is 0.257. The minimum absolute atomic E-state index is 0.00760. The molecule has 0 aliphatic carbocycles. The molecule has 3 aromatic carbocycles. The second kappa shape index (κ2) is 8.59. The minimum atomic E-state index is -0.00760. The zero-order valence-electron chi connectivity index (χ0n) is 14.5. The number of halogens is 1. The van der Waals surface area contributed by atoms with Crippen LogP contribution < -0.4 is 0 Å². The summed E-state index contributed by atoms with van der Waals surface area (Å²) in [4.78, 5) is 12.5. The fourth-order valence-electron chi connectivity index (χ4n) is 2.74. The third kappa shape index (κ3) is 4.47. The number of allylic oxidation sites excluding steroid dienone is 4. The highest BCUT2D eigenvalue weighted by Gasteiger charge is 2.05. The van der Waals surface area contributed by atoms with E-state index in [2.05, 4.69) is 28.1 Å². The first kappa shape index (κ1) is 18.1. The van der Waals surface area contributed by atoms with Crippen LogP contribution in [0.15, 0.2) is 102 Å². The molecule has 3 rings (SSSR count). The van der Waals surface area contributed by atoms with Crippen molar-refractivity contribution in [3.8, 4) is 11.1 Å².